The number of halogens is 2. The lowest BCUT2D eigenvalue weighted by molar-refractivity contribution is 0.481. The third-order valence-electron chi connectivity index (χ3n) is 1.68. The van der Waals surface area contributed by atoms with Crippen molar-refractivity contribution in [3.63, 3.8) is 0 Å². The Kier molecular flexibility index (Phi) is 5.16. The molecule has 90 valence electrons. The van der Waals surface area contributed by atoms with Crippen molar-refractivity contribution in [2.75, 3.05) is 17.6 Å². The Morgan fingerprint density at radius 2 is 2.12 bits per heavy atom. The van der Waals surface area contributed by atoms with Crippen LogP contribution in [0.5, 0.6) is 0 Å². The van der Waals surface area contributed by atoms with Crippen molar-refractivity contribution in [1.82, 2.24) is 4.98 Å². The summed E-state index contributed by atoms with van der Waals surface area (Å²) in [5.74, 6) is 0.382. The van der Waals surface area contributed by atoms with E-state index in [1.54, 1.807) is 6.20 Å². The Labute approximate surface area is 111 Å². The molecule has 16 heavy (non-hydrogen) atoms. The minimum absolute atomic E-state index is 0.256. The number of nitrogens with one attached hydrogen (secondary N) is 1. The number of anilines is 1. The summed E-state index contributed by atoms with van der Waals surface area (Å²) in [5.41, 5.74) is 0. The maximum Gasteiger partial charge on any atom is 0.264 e. The Hall–Kier alpha value is -0.180. The first-order valence-electron chi connectivity index (χ1n) is 4.38. The molecule has 0 bridgehead atoms. The van der Waals surface area contributed by atoms with Gasteiger partial charge in [-0.2, -0.15) is 8.42 Å². The molecule has 8 heteroatoms. The van der Waals surface area contributed by atoms with Crippen LogP contribution in [0.2, 0.25) is 0 Å². The van der Waals surface area contributed by atoms with E-state index in [9.17, 15) is 8.42 Å². The highest BCUT2D eigenvalue weighted by atomic mass is 79.9. The van der Waals surface area contributed by atoms with E-state index in [-0.39, 0.29) is 5.75 Å². The first-order valence-corrected chi connectivity index (χ1v) is 7.58. The number of hydrogen-bond acceptors (Lipinski definition) is 4. The smallest absolute Gasteiger partial charge is 0.264 e. The van der Waals surface area contributed by atoms with Crippen LogP contribution in [0.15, 0.2) is 21.2 Å². The molecule has 0 saturated carbocycles. The summed E-state index contributed by atoms with van der Waals surface area (Å²) in [5, 5.41) is 2.96. The molecule has 1 aromatic rings. The molecule has 0 aromatic carbocycles. The van der Waals surface area contributed by atoms with Gasteiger partial charge in [0.25, 0.3) is 10.1 Å². The lowest BCUT2D eigenvalue weighted by atomic mass is 10.4. The molecule has 0 spiro atoms. The third kappa shape index (κ3) is 5.24. The van der Waals surface area contributed by atoms with Crippen molar-refractivity contribution >= 4 is 47.8 Å². The van der Waals surface area contributed by atoms with Crippen molar-refractivity contribution in [1.29, 1.82) is 0 Å². The molecule has 1 aromatic heterocycles. The van der Waals surface area contributed by atoms with Gasteiger partial charge in [0.05, 0.1) is 10.2 Å². The Morgan fingerprint density at radius 3 is 2.69 bits per heavy atom. The van der Waals surface area contributed by atoms with Gasteiger partial charge in [-0.25, -0.2) is 4.98 Å². The lowest BCUT2D eigenvalue weighted by Crippen LogP contribution is -2.11. The van der Waals surface area contributed by atoms with Gasteiger partial charge in [0.2, 0.25) is 0 Å². The average Bonchev–Trinajstić information content (AvgIpc) is 2.13. The van der Waals surface area contributed by atoms with Gasteiger partial charge in [0.15, 0.2) is 0 Å². The zero-order valence-corrected chi connectivity index (χ0v) is 12.1. The van der Waals surface area contributed by atoms with Crippen LogP contribution >= 0.6 is 31.9 Å². The SMILES string of the molecule is O=S(=O)(O)CCCNc1ncc(Br)cc1Br. The summed E-state index contributed by atoms with van der Waals surface area (Å²) >= 11 is 6.59. The van der Waals surface area contributed by atoms with Crippen molar-refractivity contribution in [3.8, 4) is 0 Å². The number of nitrogens with zero attached hydrogens (tertiary/aromatic N) is 1. The molecule has 0 aliphatic heterocycles. The van der Waals surface area contributed by atoms with Crippen LogP contribution in [-0.2, 0) is 10.1 Å². The van der Waals surface area contributed by atoms with E-state index in [1.165, 1.54) is 0 Å². The Morgan fingerprint density at radius 1 is 1.44 bits per heavy atom. The summed E-state index contributed by atoms with van der Waals surface area (Å²) in [6, 6.07) is 1.83. The van der Waals surface area contributed by atoms with Gasteiger partial charge in [0.1, 0.15) is 5.82 Å². The normalized spacial score (nSPS) is 11.4. The van der Waals surface area contributed by atoms with Gasteiger partial charge < -0.3 is 5.32 Å². The molecule has 0 aliphatic carbocycles. The zero-order chi connectivity index (χ0) is 12.2. The van der Waals surface area contributed by atoms with Crippen LogP contribution in [0.1, 0.15) is 6.42 Å². The van der Waals surface area contributed by atoms with E-state index in [0.717, 1.165) is 8.95 Å². The van der Waals surface area contributed by atoms with Crippen LogP contribution in [0.4, 0.5) is 5.82 Å². The highest BCUT2D eigenvalue weighted by Gasteiger charge is 2.05. The maximum atomic E-state index is 10.5. The molecule has 0 amide bonds. The molecular formula is C8H10Br2N2O3S. The van der Waals surface area contributed by atoms with Crippen molar-refractivity contribution in [2.24, 2.45) is 0 Å². The monoisotopic (exact) mass is 372 g/mol. The van der Waals surface area contributed by atoms with Crippen LogP contribution in [0.3, 0.4) is 0 Å². The highest BCUT2D eigenvalue weighted by Crippen LogP contribution is 2.23. The molecule has 2 N–H and O–H groups in total. The summed E-state index contributed by atoms with van der Waals surface area (Å²) in [6.45, 7) is 0.424. The topological polar surface area (TPSA) is 79.3 Å². The molecule has 0 atom stereocenters. The number of pyridine rings is 1. The summed E-state index contributed by atoms with van der Waals surface area (Å²) in [6.07, 6.45) is 1.96. The maximum absolute atomic E-state index is 10.5. The Balaban J connectivity index is 2.43. The molecule has 0 aliphatic rings. The van der Waals surface area contributed by atoms with Crippen molar-refractivity contribution < 1.29 is 13.0 Å². The van der Waals surface area contributed by atoms with Crippen LogP contribution in [0, 0.1) is 0 Å². The average molecular weight is 374 g/mol. The van der Waals surface area contributed by atoms with E-state index >= 15 is 0 Å². The van der Waals surface area contributed by atoms with E-state index in [4.69, 9.17) is 4.55 Å². The number of aromatic nitrogens is 1. The predicted octanol–water partition coefficient (Wildman–Crippen LogP) is 2.30. The lowest BCUT2D eigenvalue weighted by Gasteiger charge is -2.06. The molecule has 0 saturated heterocycles. The Bertz CT molecular complexity index is 464. The van der Waals surface area contributed by atoms with E-state index in [2.05, 4.69) is 42.2 Å². The third-order valence-corrected chi connectivity index (χ3v) is 3.52. The molecule has 1 heterocycles. The standard InChI is InChI=1S/C8H10Br2N2O3S/c9-6-4-7(10)8(12-5-6)11-2-1-3-16(13,14)15/h4-5H,1-3H2,(H,11,12)(H,13,14,15). The van der Waals surface area contributed by atoms with Crippen molar-refractivity contribution in [3.05, 3.63) is 21.2 Å². The second-order valence-corrected chi connectivity index (χ2v) is 6.39. The van der Waals surface area contributed by atoms with Crippen LogP contribution < -0.4 is 5.32 Å². The summed E-state index contributed by atoms with van der Waals surface area (Å²) in [4.78, 5) is 4.09. The highest BCUT2D eigenvalue weighted by molar-refractivity contribution is 9.11. The van der Waals surface area contributed by atoms with E-state index in [0.29, 0.717) is 18.8 Å². The predicted molar refractivity (Wildman–Crippen MR) is 69.2 cm³/mol. The fourth-order valence-corrected chi connectivity index (χ4v) is 2.64. The van der Waals surface area contributed by atoms with Gasteiger partial charge in [-0.1, -0.05) is 0 Å². The van der Waals surface area contributed by atoms with E-state index in [1.807, 2.05) is 6.07 Å². The molecule has 0 fully saturated rings. The number of hydrogen-bond donors (Lipinski definition) is 2. The fourth-order valence-electron chi connectivity index (χ4n) is 1.01. The largest absolute Gasteiger partial charge is 0.369 e. The number of rotatable bonds is 5. The molecule has 1 rings (SSSR count). The van der Waals surface area contributed by atoms with Crippen LogP contribution in [0.25, 0.3) is 0 Å². The van der Waals surface area contributed by atoms with Gasteiger partial charge >= 0.3 is 0 Å². The molecule has 0 radical (unpaired) electrons. The van der Waals surface area contributed by atoms with Gasteiger partial charge in [-0.3, -0.25) is 4.55 Å². The second-order valence-electron chi connectivity index (χ2n) is 3.05. The van der Waals surface area contributed by atoms with Crippen LogP contribution in [-0.4, -0.2) is 30.3 Å². The van der Waals surface area contributed by atoms with Gasteiger partial charge in [0, 0.05) is 17.2 Å². The second kappa shape index (κ2) is 5.95. The minimum atomic E-state index is -3.88. The van der Waals surface area contributed by atoms with Crippen molar-refractivity contribution in [2.45, 2.75) is 6.42 Å². The molecule has 0 unspecified atom stereocenters. The molecular weight excluding hydrogens is 364 g/mol. The molecule has 5 nitrogen and oxygen atoms in total. The fraction of sp³-hybridized carbons (Fsp3) is 0.375. The van der Waals surface area contributed by atoms with Gasteiger partial charge in [-0.05, 0) is 44.3 Å². The minimum Gasteiger partial charge on any atom is -0.369 e. The first kappa shape index (κ1) is 13.9. The zero-order valence-electron chi connectivity index (χ0n) is 8.15. The summed E-state index contributed by atoms with van der Waals surface area (Å²) < 4.78 is 31.1. The quantitative estimate of drug-likeness (QED) is 0.611. The summed E-state index contributed by atoms with van der Waals surface area (Å²) in [7, 11) is -3.88. The first-order chi connectivity index (χ1) is 7.38. The van der Waals surface area contributed by atoms with Gasteiger partial charge in [-0.15, -0.1) is 0 Å². The van der Waals surface area contributed by atoms with E-state index < -0.39 is 10.1 Å².